The van der Waals surface area contributed by atoms with Crippen molar-refractivity contribution in [1.29, 1.82) is 0 Å². The number of hydrogen-bond acceptors (Lipinski definition) is 4. The van der Waals surface area contributed by atoms with Gasteiger partial charge in [-0.05, 0) is 56.8 Å². The molecule has 1 atom stereocenters. The summed E-state index contributed by atoms with van der Waals surface area (Å²) >= 11 is 0. The highest BCUT2D eigenvalue weighted by atomic mass is 16.5. The van der Waals surface area contributed by atoms with Crippen LogP contribution >= 0.6 is 0 Å². The number of benzene rings is 2. The van der Waals surface area contributed by atoms with Gasteiger partial charge in [0.05, 0.1) is 7.11 Å². The zero-order valence-corrected chi connectivity index (χ0v) is 15.8. The number of carbonyl (C=O) groups is 1. The van der Waals surface area contributed by atoms with Crippen molar-refractivity contribution in [2.75, 3.05) is 27.2 Å². The van der Waals surface area contributed by atoms with Gasteiger partial charge in [0.1, 0.15) is 11.5 Å². The Labute approximate surface area is 155 Å². The molecule has 1 N–H and O–H groups in total. The van der Waals surface area contributed by atoms with Crippen molar-refractivity contribution in [3.8, 4) is 11.5 Å². The molecule has 2 rings (SSSR count). The number of nitrogens with one attached hydrogen (secondary N) is 1. The van der Waals surface area contributed by atoms with E-state index in [1.54, 1.807) is 26.2 Å². The summed E-state index contributed by atoms with van der Waals surface area (Å²) in [5, 5.41) is 2.93. The fourth-order valence-electron chi connectivity index (χ4n) is 2.59. The minimum atomic E-state index is -0.537. The molecule has 5 nitrogen and oxygen atoms in total. The normalized spacial score (nSPS) is 11.8. The maximum absolute atomic E-state index is 12.1. The molecule has 0 saturated carbocycles. The Morgan fingerprint density at radius 3 is 2.38 bits per heavy atom. The third-order valence-electron chi connectivity index (χ3n) is 4.05. The summed E-state index contributed by atoms with van der Waals surface area (Å²) in [6.45, 7) is 4.21. The standard InChI is InChI=1S/C21H28N2O3/c1-17(26-20-12-10-19(25-3)11-13-20)21(24)22-14-7-15-23(2)16-18-8-5-4-6-9-18/h4-6,8-13,17H,7,14-16H2,1-3H3,(H,22,24). The highest BCUT2D eigenvalue weighted by Crippen LogP contribution is 2.18. The monoisotopic (exact) mass is 356 g/mol. The summed E-state index contributed by atoms with van der Waals surface area (Å²) in [5.41, 5.74) is 1.29. The van der Waals surface area contributed by atoms with Crippen LogP contribution in [0, 0.1) is 0 Å². The van der Waals surface area contributed by atoms with E-state index in [1.807, 2.05) is 30.3 Å². The predicted octanol–water partition coefficient (Wildman–Crippen LogP) is 3.10. The van der Waals surface area contributed by atoms with Gasteiger partial charge in [-0.3, -0.25) is 4.79 Å². The second kappa shape index (κ2) is 10.5. The molecular weight excluding hydrogens is 328 g/mol. The van der Waals surface area contributed by atoms with Crippen LogP contribution in [0.15, 0.2) is 54.6 Å². The number of hydrogen-bond donors (Lipinski definition) is 1. The van der Waals surface area contributed by atoms with Crippen LogP contribution in [0.1, 0.15) is 18.9 Å². The highest BCUT2D eigenvalue weighted by molar-refractivity contribution is 5.80. The maximum atomic E-state index is 12.1. The van der Waals surface area contributed by atoms with Gasteiger partial charge in [0, 0.05) is 13.1 Å². The van der Waals surface area contributed by atoms with Crippen LogP contribution in [0.5, 0.6) is 11.5 Å². The zero-order valence-electron chi connectivity index (χ0n) is 15.8. The molecule has 26 heavy (non-hydrogen) atoms. The van der Waals surface area contributed by atoms with Crippen molar-refractivity contribution in [3.05, 3.63) is 60.2 Å². The van der Waals surface area contributed by atoms with E-state index in [1.165, 1.54) is 5.56 Å². The molecule has 140 valence electrons. The van der Waals surface area contributed by atoms with Crippen LogP contribution < -0.4 is 14.8 Å². The Bertz CT molecular complexity index is 659. The zero-order chi connectivity index (χ0) is 18.8. The number of nitrogens with zero attached hydrogens (tertiary/aromatic N) is 1. The van der Waals surface area contributed by atoms with E-state index in [-0.39, 0.29) is 5.91 Å². The number of ether oxygens (including phenoxy) is 2. The third-order valence-corrected chi connectivity index (χ3v) is 4.05. The molecule has 2 aromatic carbocycles. The van der Waals surface area contributed by atoms with Crippen molar-refractivity contribution in [1.82, 2.24) is 10.2 Å². The van der Waals surface area contributed by atoms with Gasteiger partial charge in [-0.15, -0.1) is 0 Å². The van der Waals surface area contributed by atoms with Gasteiger partial charge in [-0.1, -0.05) is 30.3 Å². The molecule has 1 unspecified atom stereocenters. The fraction of sp³-hybridized carbons (Fsp3) is 0.381. The minimum absolute atomic E-state index is 0.105. The van der Waals surface area contributed by atoms with E-state index in [4.69, 9.17) is 9.47 Å². The lowest BCUT2D eigenvalue weighted by molar-refractivity contribution is -0.127. The lowest BCUT2D eigenvalue weighted by Crippen LogP contribution is -2.37. The van der Waals surface area contributed by atoms with Gasteiger partial charge in [0.25, 0.3) is 5.91 Å². The van der Waals surface area contributed by atoms with E-state index >= 15 is 0 Å². The van der Waals surface area contributed by atoms with Crippen LogP contribution in [0.2, 0.25) is 0 Å². The average molecular weight is 356 g/mol. The van der Waals surface area contributed by atoms with Crippen LogP contribution in [0.25, 0.3) is 0 Å². The fourth-order valence-corrected chi connectivity index (χ4v) is 2.59. The molecule has 1 amide bonds. The van der Waals surface area contributed by atoms with Gasteiger partial charge in [0.2, 0.25) is 0 Å². The topological polar surface area (TPSA) is 50.8 Å². The average Bonchev–Trinajstić information content (AvgIpc) is 2.66. The van der Waals surface area contributed by atoms with Crippen molar-refractivity contribution < 1.29 is 14.3 Å². The first-order valence-corrected chi connectivity index (χ1v) is 8.89. The summed E-state index contributed by atoms with van der Waals surface area (Å²) < 4.78 is 10.8. The third kappa shape index (κ3) is 6.76. The van der Waals surface area contributed by atoms with Crippen molar-refractivity contribution in [3.63, 3.8) is 0 Å². The number of rotatable bonds is 10. The molecule has 0 aliphatic rings. The highest BCUT2D eigenvalue weighted by Gasteiger charge is 2.14. The van der Waals surface area contributed by atoms with Crippen LogP contribution in [0.4, 0.5) is 0 Å². The van der Waals surface area contributed by atoms with Crippen LogP contribution in [0.3, 0.4) is 0 Å². The first-order chi connectivity index (χ1) is 12.6. The lowest BCUT2D eigenvalue weighted by atomic mass is 10.2. The van der Waals surface area contributed by atoms with Gasteiger partial charge in [-0.25, -0.2) is 0 Å². The second-order valence-electron chi connectivity index (χ2n) is 6.30. The Morgan fingerprint density at radius 1 is 1.08 bits per heavy atom. The minimum Gasteiger partial charge on any atom is -0.497 e. The molecule has 0 saturated heterocycles. The molecule has 0 heterocycles. The summed E-state index contributed by atoms with van der Waals surface area (Å²) in [6.07, 6.45) is 0.357. The molecule has 0 spiro atoms. The van der Waals surface area contributed by atoms with E-state index in [2.05, 4.69) is 29.4 Å². The first-order valence-electron chi connectivity index (χ1n) is 8.89. The lowest BCUT2D eigenvalue weighted by Gasteiger charge is -2.18. The van der Waals surface area contributed by atoms with E-state index < -0.39 is 6.10 Å². The van der Waals surface area contributed by atoms with Crippen LogP contribution in [-0.2, 0) is 11.3 Å². The largest absolute Gasteiger partial charge is 0.497 e. The van der Waals surface area contributed by atoms with Gasteiger partial charge < -0.3 is 19.7 Å². The number of carbonyl (C=O) groups excluding carboxylic acids is 1. The Balaban J connectivity index is 1.64. The Morgan fingerprint density at radius 2 is 1.73 bits per heavy atom. The molecule has 0 aliphatic carbocycles. The molecule has 2 aromatic rings. The van der Waals surface area contributed by atoms with Gasteiger partial charge >= 0.3 is 0 Å². The molecule has 0 bridgehead atoms. The summed E-state index contributed by atoms with van der Waals surface area (Å²) in [6, 6.07) is 17.6. The van der Waals surface area contributed by atoms with Crippen molar-refractivity contribution in [2.45, 2.75) is 26.0 Å². The second-order valence-corrected chi connectivity index (χ2v) is 6.30. The molecule has 0 radical (unpaired) electrons. The maximum Gasteiger partial charge on any atom is 0.260 e. The first kappa shape index (κ1) is 19.8. The SMILES string of the molecule is COc1ccc(OC(C)C(=O)NCCCN(C)Cc2ccccc2)cc1. The molecular formula is C21H28N2O3. The van der Waals surface area contributed by atoms with E-state index in [0.29, 0.717) is 12.3 Å². The van der Waals surface area contributed by atoms with Crippen LogP contribution in [-0.4, -0.2) is 44.2 Å². The van der Waals surface area contributed by atoms with Crippen molar-refractivity contribution >= 4 is 5.91 Å². The van der Waals surface area contributed by atoms with E-state index in [0.717, 1.165) is 25.3 Å². The molecule has 0 aliphatic heterocycles. The Hall–Kier alpha value is -2.53. The van der Waals surface area contributed by atoms with Gasteiger partial charge in [0.15, 0.2) is 6.10 Å². The van der Waals surface area contributed by atoms with E-state index in [9.17, 15) is 4.79 Å². The molecule has 5 heteroatoms. The smallest absolute Gasteiger partial charge is 0.260 e. The summed E-state index contributed by atoms with van der Waals surface area (Å²) in [4.78, 5) is 14.4. The summed E-state index contributed by atoms with van der Waals surface area (Å²) in [7, 11) is 3.70. The summed E-state index contributed by atoms with van der Waals surface area (Å²) in [5.74, 6) is 1.30. The molecule has 0 aromatic heterocycles. The Kier molecular flexibility index (Phi) is 7.96. The van der Waals surface area contributed by atoms with Gasteiger partial charge in [-0.2, -0.15) is 0 Å². The number of methoxy groups -OCH3 is 1. The number of amides is 1. The predicted molar refractivity (Wildman–Crippen MR) is 103 cm³/mol. The molecule has 0 fully saturated rings. The van der Waals surface area contributed by atoms with Crippen molar-refractivity contribution in [2.24, 2.45) is 0 Å². The quantitative estimate of drug-likeness (QED) is 0.665.